The van der Waals surface area contributed by atoms with Crippen molar-refractivity contribution in [3.63, 3.8) is 0 Å². The van der Waals surface area contributed by atoms with Gasteiger partial charge in [0.2, 0.25) is 0 Å². The Balaban J connectivity index is 2.31. The van der Waals surface area contributed by atoms with E-state index in [0.717, 1.165) is 12.1 Å². The van der Waals surface area contributed by atoms with Crippen molar-refractivity contribution in [2.75, 3.05) is 16.8 Å². The number of rotatable bonds is 9. The van der Waals surface area contributed by atoms with Gasteiger partial charge in [0.1, 0.15) is 16.6 Å². The molecule has 0 spiro atoms. The number of nitrogens with zero attached hydrogens (tertiary/aromatic N) is 4. The zero-order valence-corrected chi connectivity index (χ0v) is 20.9. The van der Waals surface area contributed by atoms with Gasteiger partial charge in [0, 0.05) is 12.2 Å². The van der Waals surface area contributed by atoms with Gasteiger partial charge >= 0.3 is 5.97 Å². The molecule has 0 saturated carbocycles. The van der Waals surface area contributed by atoms with Gasteiger partial charge in [-0.3, -0.25) is 14.8 Å². The SMILES string of the molecule is C=N/C=C\C=C/CC(C(C)C)N1C(=C)C(=NCCC(=O)OC(C)(C)C)Nc2ccc(Cl)nc21. The number of allylic oxidation sites excluding steroid dienone is 2. The Bertz CT molecular complexity index is 960. The number of amidine groups is 1. The molecule has 0 aliphatic carbocycles. The van der Waals surface area contributed by atoms with Crippen molar-refractivity contribution in [1.29, 1.82) is 0 Å². The van der Waals surface area contributed by atoms with Crippen molar-refractivity contribution in [3.8, 4) is 0 Å². The first-order valence-corrected chi connectivity index (χ1v) is 11.4. The van der Waals surface area contributed by atoms with E-state index < -0.39 is 5.60 Å². The molecule has 0 fully saturated rings. The summed E-state index contributed by atoms with van der Waals surface area (Å²) >= 11 is 6.23. The average Bonchev–Trinajstić information content (AvgIpc) is 2.71. The lowest BCUT2D eigenvalue weighted by Crippen LogP contribution is -2.45. The van der Waals surface area contributed by atoms with E-state index in [9.17, 15) is 4.79 Å². The van der Waals surface area contributed by atoms with E-state index in [1.807, 2.05) is 39.0 Å². The fraction of sp³-hybridized carbons (Fsp3) is 0.440. The number of halogens is 1. The number of carbonyl (C=O) groups is 1. The van der Waals surface area contributed by atoms with Crippen LogP contribution < -0.4 is 10.2 Å². The summed E-state index contributed by atoms with van der Waals surface area (Å²) in [7, 11) is 0. The van der Waals surface area contributed by atoms with E-state index in [-0.39, 0.29) is 30.9 Å². The van der Waals surface area contributed by atoms with Gasteiger partial charge in [-0.1, -0.05) is 44.2 Å². The summed E-state index contributed by atoms with van der Waals surface area (Å²) in [6, 6.07) is 3.66. The van der Waals surface area contributed by atoms with E-state index >= 15 is 0 Å². The van der Waals surface area contributed by atoms with Gasteiger partial charge in [-0.15, -0.1) is 0 Å². The predicted molar refractivity (Wildman–Crippen MR) is 138 cm³/mol. The quantitative estimate of drug-likeness (QED) is 0.213. The van der Waals surface area contributed by atoms with Crippen LogP contribution in [0.4, 0.5) is 11.5 Å². The van der Waals surface area contributed by atoms with E-state index in [1.165, 1.54) is 0 Å². The maximum absolute atomic E-state index is 12.1. The van der Waals surface area contributed by atoms with Crippen LogP contribution in [0.25, 0.3) is 0 Å². The summed E-state index contributed by atoms with van der Waals surface area (Å²) in [6.45, 7) is 17.9. The molecule has 1 aromatic heterocycles. The van der Waals surface area contributed by atoms with Gasteiger partial charge in [-0.05, 0) is 58.0 Å². The maximum atomic E-state index is 12.1. The van der Waals surface area contributed by atoms with Crippen molar-refractivity contribution in [1.82, 2.24) is 4.98 Å². The number of hydrogen-bond acceptors (Lipinski definition) is 6. The van der Waals surface area contributed by atoms with Crippen molar-refractivity contribution < 1.29 is 9.53 Å². The number of pyridine rings is 1. The molecule has 0 aromatic carbocycles. The zero-order valence-electron chi connectivity index (χ0n) is 20.1. The van der Waals surface area contributed by atoms with Crippen molar-refractivity contribution in [3.05, 3.63) is 54.0 Å². The fourth-order valence-corrected chi connectivity index (χ4v) is 3.51. The molecule has 1 aromatic rings. The van der Waals surface area contributed by atoms with Crippen LogP contribution in [0.2, 0.25) is 5.15 Å². The molecule has 1 N–H and O–H groups in total. The summed E-state index contributed by atoms with van der Waals surface area (Å²) in [4.78, 5) is 27.1. The summed E-state index contributed by atoms with van der Waals surface area (Å²) in [5, 5.41) is 3.69. The Morgan fingerprint density at radius 1 is 1.33 bits per heavy atom. The number of carbonyl (C=O) groups excluding carboxylic acids is 1. The second kappa shape index (κ2) is 11.8. The van der Waals surface area contributed by atoms with Gasteiger partial charge in [0.15, 0.2) is 5.82 Å². The molecule has 33 heavy (non-hydrogen) atoms. The average molecular weight is 472 g/mol. The van der Waals surface area contributed by atoms with Crippen LogP contribution in [0.5, 0.6) is 0 Å². The van der Waals surface area contributed by atoms with E-state index in [1.54, 1.807) is 12.3 Å². The molecule has 0 radical (unpaired) electrons. The molecular weight excluding hydrogens is 438 g/mol. The highest BCUT2D eigenvalue weighted by Gasteiger charge is 2.33. The third-order valence-electron chi connectivity index (χ3n) is 4.81. The van der Waals surface area contributed by atoms with Crippen LogP contribution in [0.15, 0.2) is 58.8 Å². The molecule has 8 heteroatoms. The first-order valence-electron chi connectivity index (χ1n) is 11.0. The monoisotopic (exact) mass is 471 g/mol. The number of ether oxygens (including phenoxy) is 1. The third-order valence-corrected chi connectivity index (χ3v) is 5.02. The fourth-order valence-electron chi connectivity index (χ4n) is 3.37. The summed E-state index contributed by atoms with van der Waals surface area (Å²) in [5.41, 5.74) is 0.942. The van der Waals surface area contributed by atoms with Crippen LogP contribution in [-0.4, -0.2) is 41.7 Å². The Kier molecular flexibility index (Phi) is 9.41. The predicted octanol–water partition coefficient (Wildman–Crippen LogP) is 5.80. The Labute approximate surface area is 202 Å². The second-order valence-electron chi connectivity index (χ2n) is 9.01. The van der Waals surface area contributed by atoms with Crippen LogP contribution in [0.3, 0.4) is 0 Å². The van der Waals surface area contributed by atoms with Crippen LogP contribution >= 0.6 is 11.6 Å². The van der Waals surface area contributed by atoms with Gasteiger partial charge in [0.25, 0.3) is 0 Å². The first kappa shape index (κ1) is 26.3. The van der Waals surface area contributed by atoms with Crippen molar-refractivity contribution in [2.45, 2.75) is 59.1 Å². The highest BCUT2D eigenvalue weighted by atomic mass is 35.5. The first-order chi connectivity index (χ1) is 15.5. The Morgan fingerprint density at radius 2 is 2.06 bits per heavy atom. The molecule has 0 saturated heterocycles. The molecule has 178 valence electrons. The molecule has 0 amide bonds. The third kappa shape index (κ3) is 7.86. The summed E-state index contributed by atoms with van der Waals surface area (Å²) in [5.74, 6) is 1.29. The number of hydrogen-bond donors (Lipinski definition) is 1. The summed E-state index contributed by atoms with van der Waals surface area (Å²) < 4.78 is 5.38. The van der Waals surface area contributed by atoms with E-state index in [0.29, 0.717) is 22.5 Å². The minimum atomic E-state index is -0.521. The Morgan fingerprint density at radius 3 is 2.70 bits per heavy atom. The highest BCUT2D eigenvalue weighted by Crippen LogP contribution is 2.37. The zero-order chi connectivity index (χ0) is 24.6. The lowest BCUT2D eigenvalue weighted by atomic mass is 9.97. The standard InChI is InChI=1S/C25H34ClN5O2/c1-17(2)20(11-9-8-10-15-27-7)31-18(3)23(28-16-14-22(32)33-25(4,5)6)29-19-12-13-21(26)30-24(19)31/h8-10,12-13,15,17,20H,3,7,11,14,16H2,1-2,4-6H3,(H,28,29)/b9-8-,15-10-. The lowest BCUT2D eigenvalue weighted by Gasteiger charge is -2.40. The molecule has 0 bridgehead atoms. The van der Waals surface area contributed by atoms with E-state index in [2.05, 4.69) is 58.4 Å². The van der Waals surface area contributed by atoms with Crippen molar-refractivity contribution in [2.24, 2.45) is 15.9 Å². The number of aromatic nitrogens is 1. The highest BCUT2D eigenvalue weighted by molar-refractivity contribution is 6.29. The van der Waals surface area contributed by atoms with Gasteiger partial charge < -0.3 is 15.0 Å². The summed E-state index contributed by atoms with van der Waals surface area (Å²) in [6.07, 6.45) is 8.42. The molecular formula is C25H34ClN5O2. The normalized spacial score (nSPS) is 16.4. The number of fused-ring (bicyclic) bond motifs is 1. The van der Waals surface area contributed by atoms with E-state index in [4.69, 9.17) is 16.3 Å². The second-order valence-corrected chi connectivity index (χ2v) is 9.40. The van der Waals surface area contributed by atoms with Gasteiger partial charge in [-0.2, -0.15) is 0 Å². The number of aliphatic imine (C=N–C) groups is 2. The topological polar surface area (TPSA) is 79.2 Å². The number of esters is 1. The molecule has 2 rings (SSSR count). The van der Waals surface area contributed by atoms with Crippen molar-refractivity contribution >= 4 is 41.6 Å². The molecule has 7 nitrogen and oxygen atoms in total. The van der Waals surface area contributed by atoms with Crippen LogP contribution in [0.1, 0.15) is 47.5 Å². The number of anilines is 2. The van der Waals surface area contributed by atoms with Gasteiger partial charge in [-0.25, -0.2) is 4.98 Å². The Hall–Kier alpha value is -2.93. The minimum absolute atomic E-state index is 0.0571. The smallest absolute Gasteiger partial charge is 0.308 e. The molecule has 1 aliphatic heterocycles. The van der Waals surface area contributed by atoms with Crippen LogP contribution in [0, 0.1) is 5.92 Å². The maximum Gasteiger partial charge on any atom is 0.308 e. The molecule has 1 atom stereocenters. The number of nitrogens with one attached hydrogen (secondary N) is 1. The molecule has 1 unspecified atom stereocenters. The van der Waals surface area contributed by atoms with Crippen LogP contribution in [-0.2, 0) is 9.53 Å². The molecule has 2 heterocycles. The molecule has 1 aliphatic rings. The largest absolute Gasteiger partial charge is 0.460 e. The van der Waals surface area contributed by atoms with Gasteiger partial charge in [0.05, 0.1) is 24.4 Å². The minimum Gasteiger partial charge on any atom is -0.460 e. The lowest BCUT2D eigenvalue weighted by molar-refractivity contribution is -0.154.